The molecule has 2 aromatic heterocycles. The van der Waals surface area contributed by atoms with Crippen LogP contribution in [-0.2, 0) is 23.1 Å². The van der Waals surface area contributed by atoms with E-state index < -0.39 is 0 Å². The Bertz CT molecular complexity index is 871. The zero-order valence-corrected chi connectivity index (χ0v) is 15.3. The monoisotopic (exact) mass is 373 g/mol. The van der Waals surface area contributed by atoms with Gasteiger partial charge in [0.1, 0.15) is 19.0 Å². The molecule has 10 nitrogen and oxygen atoms in total. The van der Waals surface area contributed by atoms with E-state index in [1.54, 1.807) is 18.1 Å². The molecule has 2 aromatic rings. The van der Waals surface area contributed by atoms with Gasteiger partial charge in [-0.3, -0.25) is 9.36 Å². The van der Waals surface area contributed by atoms with Crippen LogP contribution in [0.2, 0.25) is 0 Å². The highest BCUT2D eigenvalue weighted by Crippen LogP contribution is 2.23. The molecule has 0 radical (unpaired) electrons. The lowest BCUT2D eigenvalue weighted by Gasteiger charge is -2.32. The maximum absolute atomic E-state index is 12.6. The topological polar surface area (TPSA) is 98.4 Å². The Hall–Kier alpha value is -2.75. The van der Waals surface area contributed by atoms with Crippen molar-refractivity contribution in [3.05, 3.63) is 34.8 Å². The van der Waals surface area contributed by atoms with E-state index in [0.29, 0.717) is 19.7 Å². The SMILES string of the molecule is Cn1cnn(CC(=O)N2CCO[C@@H](c3ccnc(N4CCCC4)n3)C2)c1=O. The van der Waals surface area contributed by atoms with Gasteiger partial charge in [-0.05, 0) is 18.9 Å². The Morgan fingerprint density at radius 2 is 2.11 bits per heavy atom. The number of morpholine rings is 1. The molecule has 2 aliphatic heterocycles. The number of aryl methyl sites for hydroxylation is 1. The predicted molar refractivity (Wildman–Crippen MR) is 96.2 cm³/mol. The summed E-state index contributed by atoms with van der Waals surface area (Å²) in [5, 5.41) is 3.95. The van der Waals surface area contributed by atoms with Gasteiger partial charge in [-0.2, -0.15) is 5.10 Å². The summed E-state index contributed by atoms with van der Waals surface area (Å²) in [5.74, 6) is 0.565. The lowest BCUT2D eigenvalue weighted by molar-refractivity contribution is -0.140. The van der Waals surface area contributed by atoms with E-state index in [9.17, 15) is 9.59 Å². The summed E-state index contributed by atoms with van der Waals surface area (Å²) >= 11 is 0. The van der Waals surface area contributed by atoms with E-state index in [-0.39, 0.29) is 24.2 Å². The predicted octanol–water partition coefficient (Wildman–Crippen LogP) is -0.428. The molecule has 27 heavy (non-hydrogen) atoms. The van der Waals surface area contributed by atoms with Gasteiger partial charge in [0.15, 0.2) is 0 Å². The number of amides is 1. The maximum atomic E-state index is 12.6. The van der Waals surface area contributed by atoms with E-state index >= 15 is 0 Å². The van der Waals surface area contributed by atoms with Gasteiger partial charge in [-0.25, -0.2) is 19.4 Å². The summed E-state index contributed by atoms with van der Waals surface area (Å²) in [6.45, 7) is 3.18. The quantitative estimate of drug-likeness (QED) is 0.717. The first kappa shape index (κ1) is 17.7. The first-order valence-corrected chi connectivity index (χ1v) is 9.17. The van der Waals surface area contributed by atoms with Crippen molar-refractivity contribution in [2.24, 2.45) is 7.05 Å². The van der Waals surface area contributed by atoms with Crippen molar-refractivity contribution in [3.8, 4) is 0 Å². The van der Waals surface area contributed by atoms with Gasteiger partial charge in [-0.1, -0.05) is 0 Å². The number of rotatable bonds is 4. The average molecular weight is 373 g/mol. The lowest BCUT2D eigenvalue weighted by atomic mass is 10.2. The molecule has 2 fully saturated rings. The van der Waals surface area contributed by atoms with Crippen molar-refractivity contribution in [2.45, 2.75) is 25.5 Å². The average Bonchev–Trinajstić information content (AvgIpc) is 3.34. The largest absolute Gasteiger partial charge is 0.368 e. The Morgan fingerprint density at radius 1 is 1.30 bits per heavy atom. The highest BCUT2D eigenvalue weighted by Gasteiger charge is 2.28. The minimum Gasteiger partial charge on any atom is -0.368 e. The van der Waals surface area contributed by atoms with Crippen molar-refractivity contribution in [1.82, 2.24) is 29.2 Å². The summed E-state index contributed by atoms with van der Waals surface area (Å²) in [4.78, 5) is 37.4. The van der Waals surface area contributed by atoms with E-state index in [1.165, 1.54) is 15.6 Å². The second kappa shape index (κ2) is 7.47. The lowest BCUT2D eigenvalue weighted by Crippen LogP contribution is -2.45. The standard InChI is InChI=1S/C17H23N7O3/c1-21-12-19-24(17(21)26)11-15(25)23-8-9-27-14(10-23)13-4-5-18-16(20-13)22-6-2-3-7-22/h4-5,12,14H,2-3,6-11H2,1H3/t14-/m1/s1. The Morgan fingerprint density at radius 3 is 2.85 bits per heavy atom. The van der Waals surface area contributed by atoms with Crippen LogP contribution in [0.4, 0.5) is 5.95 Å². The van der Waals surface area contributed by atoms with Crippen LogP contribution in [-0.4, -0.2) is 67.9 Å². The number of hydrogen-bond acceptors (Lipinski definition) is 7. The first-order valence-electron chi connectivity index (χ1n) is 9.17. The maximum Gasteiger partial charge on any atom is 0.345 e. The molecule has 1 amide bonds. The third kappa shape index (κ3) is 3.70. The van der Waals surface area contributed by atoms with Crippen LogP contribution in [0.5, 0.6) is 0 Å². The third-order valence-electron chi connectivity index (χ3n) is 4.97. The number of hydrogen-bond donors (Lipinski definition) is 0. The summed E-state index contributed by atoms with van der Waals surface area (Å²) in [6.07, 6.45) is 5.16. The number of anilines is 1. The highest BCUT2D eigenvalue weighted by molar-refractivity contribution is 5.76. The number of aromatic nitrogens is 5. The summed E-state index contributed by atoms with van der Waals surface area (Å²) in [6, 6.07) is 1.83. The smallest absolute Gasteiger partial charge is 0.345 e. The number of ether oxygens (including phenoxy) is 1. The molecule has 2 saturated heterocycles. The number of nitrogens with zero attached hydrogens (tertiary/aromatic N) is 7. The molecule has 0 saturated carbocycles. The van der Waals surface area contributed by atoms with Crippen LogP contribution in [0.3, 0.4) is 0 Å². The van der Waals surface area contributed by atoms with Gasteiger partial charge in [0.2, 0.25) is 11.9 Å². The third-order valence-corrected chi connectivity index (χ3v) is 4.97. The van der Waals surface area contributed by atoms with Crippen molar-refractivity contribution in [2.75, 3.05) is 37.7 Å². The molecule has 144 valence electrons. The minimum absolute atomic E-state index is 0.0742. The van der Waals surface area contributed by atoms with E-state index in [2.05, 4.69) is 20.0 Å². The van der Waals surface area contributed by atoms with Crippen LogP contribution in [0, 0.1) is 0 Å². The van der Waals surface area contributed by atoms with Crippen LogP contribution in [0.25, 0.3) is 0 Å². The molecule has 0 N–H and O–H groups in total. The normalized spacial score (nSPS) is 20.3. The van der Waals surface area contributed by atoms with E-state index in [0.717, 1.165) is 37.6 Å². The molecular formula is C17H23N7O3. The van der Waals surface area contributed by atoms with Gasteiger partial charge in [-0.15, -0.1) is 0 Å². The zero-order chi connectivity index (χ0) is 18.8. The fraction of sp³-hybridized carbons (Fsp3) is 0.588. The van der Waals surface area contributed by atoms with Crippen molar-refractivity contribution in [3.63, 3.8) is 0 Å². The summed E-state index contributed by atoms with van der Waals surface area (Å²) in [7, 11) is 1.61. The van der Waals surface area contributed by atoms with E-state index in [1.807, 2.05) is 6.07 Å². The molecule has 0 bridgehead atoms. The van der Waals surface area contributed by atoms with Crippen molar-refractivity contribution < 1.29 is 9.53 Å². The molecule has 0 aromatic carbocycles. The van der Waals surface area contributed by atoms with Gasteiger partial charge < -0.3 is 14.5 Å². The first-order chi connectivity index (χ1) is 13.1. The molecule has 1 atom stereocenters. The molecule has 0 spiro atoms. The molecular weight excluding hydrogens is 350 g/mol. The van der Waals surface area contributed by atoms with E-state index in [4.69, 9.17) is 4.74 Å². The molecule has 0 aliphatic carbocycles. The Balaban J connectivity index is 1.44. The minimum atomic E-state index is -0.306. The fourth-order valence-electron chi connectivity index (χ4n) is 3.42. The summed E-state index contributed by atoms with van der Waals surface area (Å²) < 4.78 is 8.36. The van der Waals surface area contributed by atoms with Crippen LogP contribution < -0.4 is 10.6 Å². The Kier molecular flexibility index (Phi) is 4.88. The van der Waals surface area contributed by atoms with Gasteiger partial charge >= 0.3 is 5.69 Å². The highest BCUT2D eigenvalue weighted by atomic mass is 16.5. The molecule has 4 rings (SSSR count). The van der Waals surface area contributed by atoms with Crippen LogP contribution in [0.1, 0.15) is 24.6 Å². The molecule has 0 unspecified atom stereocenters. The molecule has 10 heteroatoms. The van der Waals surface area contributed by atoms with Crippen LogP contribution >= 0.6 is 0 Å². The number of carbonyl (C=O) groups excluding carboxylic acids is 1. The van der Waals surface area contributed by atoms with Crippen molar-refractivity contribution >= 4 is 11.9 Å². The van der Waals surface area contributed by atoms with Crippen LogP contribution in [0.15, 0.2) is 23.4 Å². The number of carbonyl (C=O) groups is 1. The molecule has 4 heterocycles. The van der Waals surface area contributed by atoms with Gasteiger partial charge in [0.05, 0.1) is 18.8 Å². The second-order valence-corrected chi connectivity index (χ2v) is 6.86. The van der Waals surface area contributed by atoms with Gasteiger partial charge in [0, 0.05) is 32.9 Å². The molecule has 2 aliphatic rings. The fourth-order valence-corrected chi connectivity index (χ4v) is 3.42. The summed E-state index contributed by atoms with van der Waals surface area (Å²) in [5.41, 5.74) is 0.471. The second-order valence-electron chi connectivity index (χ2n) is 6.86. The zero-order valence-electron chi connectivity index (χ0n) is 15.3. The van der Waals surface area contributed by atoms with Gasteiger partial charge in [0.25, 0.3) is 0 Å². The Labute approximate surface area is 156 Å². The van der Waals surface area contributed by atoms with Crippen molar-refractivity contribution in [1.29, 1.82) is 0 Å².